The third-order valence-corrected chi connectivity index (χ3v) is 5.49. The number of benzene rings is 2. The zero-order chi connectivity index (χ0) is 21.5. The summed E-state index contributed by atoms with van der Waals surface area (Å²) in [6, 6.07) is 10.9. The number of thiophene rings is 1. The van der Waals surface area contributed by atoms with Gasteiger partial charge in [0.2, 0.25) is 0 Å². The molecule has 30 heavy (non-hydrogen) atoms. The Labute approximate surface area is 169 Å². The molecule has 0 aliphatic rings. The van der Waals surface area contributed by atoms with Crippen LogP contribution in [-0.4, -0.2) is 20.6 Å². The summed E-state index contributed by atoms with van der Waals surface area (Å²) in [6.07, 6.45) is -9.37. The molecular weight excluding hydrogens is 430 g/mol. The summed E-state index contributed by atoms with van der Waals surface area (Å²) >= 11 is 0.874. The van der Waals surface area contributed by atoms with Crippen LogP contribution < -0.4 is 0 Å². The van der Waals surface area contributed by atoms with Crippen molar-refractivity contribution in [1.82, 2.24) is 20.6 Å². The predicted molar refractivity (Wildman–Crippen MR) is 98.4 cm³/mol. The predicted octanol–water partition coefficient (Wildman–Crippen LogP) is 6.30. The molecule has 154 valence electrons. The first-order valence-electron chi connectivity index (χ1n) is 8.37. The second kappa shape index (κ2) is 7.24. The molecular formula is C19H10F6N4S. The van der Waals surface area contributed by atoms with Crippen LogP contribution in [0.2, 0.25) is 0 Å². The van der Waals surface area contributed by atoms with Gasteiger partial charge in [0.15, 0.2) is 5.82 Å². The molecule has 0 aliphatic heterocycles. The molecule has 0 amide bonds. The lowest BCUT2D eigenvalue weighted by Gasteiger charge is -2.15. The van der Waals surface area contributed by atoms with Crippen LogP contribution in [0.15, 0.2) is 54.6 Å². The lowest BCUT2D eigenvalue weighted by atomic mass is 9.95. The number of alkyl halides is 6. The zero-order valence-electron chi connectivity index (χ0n) is 14.7. The monoisotopic (exact) mass is 440 g/mol. The largest absolute Gasteiger partial charge is 0.417 e. The third kappa shape index (κ3) is 3.67. The lowest BCUT2D eigenvalue weighted by molar-refractivity contribution is -0.138. The summed E-state index contributed by atoms with van der Waals surface area (Å²) in [5.74, 6) is 0.140. The van der Waals surface area contributed by atoms with Crippen molar-refractivity contribution in [2.75, 3.05) is 0 Å². The Bertz CT molecular complexity index is 1100. The molecule has 0 unspecified atom stereocenters. The van der Waals surface area contributed by atoms with Gasteiger partial charge in [-0.25, -0.2) is 5.10 Å². The Balaban J connectivity index is 2.03. The van der Waals surface area contributed by atoms with E-state index in [-0.39, 0.29) is 27.4 Å². The highest BCUT2D eigenvalue weighted by Gasteiger charge is 2.37. The fourth-order valence-electron chi connectivity index (χ4n) is 3.06. The number of rotatable bonds is 3. The van der Waals surface area contributed by atoms with E-state index in [0.29, 0.717) is 4.88 Å². The van der Waals surface area contributed by atoms with Crippen LogP contribution in [0.1, 0.15) is 11.1 Å². The van der Waals surface area contributed by atoms with Crippen LogP contribution in [0.4, 0.5) is 26.3 Å². The van der Waals surface area contributed by atoms with Crippen molar-refractivity contribution in [1.29, 1.82) is 0 Å². The number of aromatic nitrogens is 4. The minimum absolute atomic E-state index is 0.0102. The van der Waals surface area contributed by atoms with E-state index in [4.69, 9.17) is 0 Å². The molecule has 0 spiro atoms. The van der Waals surface area contributed by atoms with Crippen molar-refractivity contribution in [3.63, 3.8) is 0 Å². The fourth-order valence-corrected chi connectivity index (χ4v) is 4.21. The standard InChI is InChI=1S/C19H10F6N4S/c20-18(21,22)13-7-3-1-5-10(13)12-9-15(17-26-28-29-27-17)30-16(12)11-6-2-4-8-14(11)19(23,24)25/h1-9H,(H,26,27,28,29). The number of aromatic amines is 1. The molecule has 0 saturated heterocycles. The summed E-state index contributed by atoms with van der Waals surface area (Å²) in [6.45, 7) is 0. The van der Waals surface area contributed by atoms with E-state index in [0.717, 1.165) is 23.5 Å². The van der Waals surface area contributed by atoms with E-state index in [1.165, 1.54) is 42.5 Å². The molecule has 0 fully saturated rings. The van der Waals surface area contributed by atoms with Gasteiger partial charge >= 0.3 is 12.4 Å². The summed E-state index contributed by atoms with van der Waals surface area (Å²) < 4.78 is 81.6. The van der Waals surface area contributed by atoms with Gasteiger partial charge in [0.25, 0.3) is 0 Å². The van der Waals surface area contributed by atoms with Gasteiger partial charge in [0.1, 0.15) is 0 Å². The van der Waals surface area contributed by atoms with Crippen LogP contribution in [-0.2, 0) is 12.4 Å². The lowest BCUT2D eigenvalue weighted by Crippen LogP contribution is -2.08. The van der Waals surface area contributed by atoms with Crippen LogP contribution in [0.5, 0.6) is 0 Å². The Hall–Kier alpha value is -3.21. The number of nitrogens with one attached hydrogen (secondary N) is 1. The third-order valence-electron chi connectivity index (χ3n) is 4.31. The van der Waals surface area contributed by atoms with Crippen LogP contribution >= 0.6 is 11.3 Å². The molecule has 4 rings (SSSR count). The molecule has 1 N–H and O–H groups in total. The van der Waals surface area contributed by atoms with Crippen LogP contribution in [0.25, 0.3) is 32.3 Å². The Morgan fingerprint density at radius 3 is 1.87 bits per heavy atom. The molecule has 2 heterocycles. The van der Waals surface area contributed by atoms with Gasteiger partial charge in [-0.3, -0.25) is 0 Å². The molecule has 2 aromatic carbocycles. The first kappa shape index (κ1) is 20.1. The maximum absolute atomic E-state index is 13.6. The fraction of sp³-hybridized carbons (Fsp3) is 0.105. The van der Waals surface area contributed by atoms with Gasteiger partial charge in [-0.05, 0) is 34.2 Å². The molecule has 4 aromatic rings. The van der Waals surface area contributed by atoms with Crippen molar-refractivity contribution >= 4 is 11.3 Å². The van der Waals surface area contributed by atoms with Crippen molar-refractivity contribution < 1.29 is 26.3 Å². The van der Waals surface area contributed by atoms with E-state index in [9.17, 15) is 26.3 Å². The minimum Gasteiger partial charge on any atom is -0.238 e. The molecule has 4 nitrogen and oxygen atoms in total. The molecule has 0 radical (unpaired) electrons. The normalized spacial score (nSPS) is 12.3. The van der Waals surface area contributed by atoms with Gasteiger partial charge in [-0.15, -0.1) is 16.4 Å². The van der Waals surface area contributed by atoms with Gasteiger partial charge in [-0.1, -0.05) is 36.4 Å². The second-order valence-corrected chi connectivity index (χ2v) is 7.24. The van der Waals surface area contributed by atoms with Crippen molar-refractivity contribution in [3.05, 3.63) is 65.7 Å². The van der Waals surface area contributed by atoms with E-state index < -0.39 is 23.5 Å². The Kier molecular flexibility index (Phi) is 4.85. The van der Waals surface area contributed by atoms with Crippen LogP contribution in [0.3, 0.4) is 0 Å². The van der Waals surface area contributed by atoms with Crippen molar-refractivity contribution in [2.45, 2.75) is 12.4 Å². The Morgan fingerprint density at radius 2 is 1.30 bits per heavy atom. The average Bonchev–Trinajstić information content (AvgIpc) is 3.36. The van der Waals surface area contributed by atoms with Crippen molar-refractivity contribution in [2.24, 2.45) is 0 Å². The maximum atomic E-state index is 13.6. The van der Waals surface area contributed by atoms with E-state index in [2.05, 4.69) is 20.6 Å². The first-order valence-corrected chi connectivity index (χ1v) is 9.19. The number of hydrogen-bond donors (Lipinski definition) is 1. The summed E-state index contributed by atoms with van der Waals surface area (Å²) in [7, 11) is 0. The van der Waals surface area contributed by atoms with Gasteiger partial charge < -0.3 is 0 Å². The SMILES string of the molecule is FC(F)(F)c1ccccc1-c1cc(-c2nnn[nH]2)sc1-c1ccccc1C(F)(F)F. The number of nitrogens with zero attached hydrogens (tertiary/aromatic N) is 3. The van der Waals surface area contributed by atoms with Gasteiger partial charge in [-0.2, -0.15) is 26.3 Å². The Morgan fingerprint density at radius 1 is 0.733 bits per heavy atom. The summed E-state index contributed by atoms with van der Waals surface area (Å²) in [5.41, 5.74) is -2.33. The topological polar surface area (TPSA) is 54.5 Å². The highest BCUT2D eigenvalue weighted by Crippen LogP contribution is 2.48. The molecule has 2 aromatic heterocycles. The minimum atomic E-state index is -4.69. The highest BCUT2D eigenvalue weighted by atomic mass is 32.1. The quantitative estimate of drug-likeness (QED) is 0.381. The first-order chi connectivity index (χ1) is 14.2. The molecule has 0 atom stereocenters. The van der Waals surface area contributed by atoms with E-state index in [1.807, 2.05) is 0 Å². The van der Waals surface area contributed by atoms with Gasteiger partial charge in [0.05, 0.1) is 16.0 Å². The number of halogens is 6. The van der Waals surface area contributed by atoms with E-state index >= 15 is 0 Å². The second-order valence-electron chi connectivity index (χ2n) is 6.19. The zero-order valence-corrected chi connectivity index (χ0v) is 15.5. The molecule has 11 heteroatoms. The average molecular weight is 440 g/mol. The number of tetrazole rings is 1. The molecule has 0 bridgehead atoms. The summed E-state index contributed by atoms with van der Waals surface area (Å²) in [5, 5.41) is 13.0. The number of H-pyrrole nitrogens is 1. The van der Waals surface area contributed by atoms with Crippen molar-refractivity contribution in [3.8, 4) is 32.3 Å². The smallest absolute Gasteiger partial charge is 0.238 e. The molecule has 0 aliphatic carbocycles. The van der Waals surface area contributed by atoms with Crippen LogP contribution in [0, 0.1) is 0 Å². The highest BCUT2D eigenvalue weighted by molar-refractivity contribution is 7.19. The van der Waals surface area contributed by atoms with Gasteiger partial charge in [0, 0.05) is 16.0 Å². The number of hydrogen-bond acceptors (Lipinski definition) is 4. The van der Waals surface area contributed by atoms with E-state index in [1.54, 1.807) is 0 Å². The maximum Gasteiger partial charge on any atom is 0.417 e. The summed E-state index contributed by atoms with van der Waals surface area (Å²) in [4.78, 5) is 0.338. The molecule has 0 saturated carbocycles.